The van der Waals surface area contributed by atoms with Gasteiger partial charge in [0, 0.05) is 18.3 Å². The van der Waals surface area contributed by atoms with Gasteiger partial charge in [0.2, 0.25) is 15.9 Å². The van der Waals surface area contributed by atoms with E-state index in [1.54, 1.807) is 42.5 Å². The summed E-state index contributed by atoms with van der Waals surface area (Å²) in [6, 6.07) is 11.1. The van der Waals surface area contributed by atoms with Crippen molar-refractivity contribution in [2.24, 2.45) is 0 Å². The average molecular weight is 416 g/mol. The number of ether oxygens (including phenoxy) is 2. The van der Waals surface area contributed by atoms with E-state index in [4.69, 9.17) is 9.47 Å². The van der Waals surface area contributed by atoms with Crippen molar-refractivity contribution in [2.75, 3.05) is 25.1 Å². The van der Waals surface area contributed by atoms with Gasteiger partial charge in [-0.25, -0.2) is 8.42 Å². The fourth-order valence-electron chi connectivity index (χ4n) is 3.65. The molecule has 1 fully saturated rings. The van der Waals surface area contributed by atoms with Gasteiger partial charge in [0.05, 0.1) is 4.90 Å². The number of anilines is 1. The third-order valence-corrected chi connectivity index (χ3v) is 7.12. The molecule has 0 radical (unpaired) electrons. The van der Waals surface area contributed by atoms with Crippen molar-refractivity contribution in [1.82, 2.24) is 4.31 Å². The first-order valence-electron chi connectivity index (χ1n) is 9.74. The summed E-state index contributed by atoms with van der Waals surface area (Å²) in [5.41, 5.74) is 1.54. The molecule has 1 amide bonds. The summed E-state index contributed by atoms with van der Waals surface area (Å²) in [4.78, 5) is 13.2. The molecule has 1 saturated heterocycles. The lowest BCUT2D eigenvalue weighted by molar-refractivity contribution is -0.120. The molecule has 2 heterocycles. The summed E-state index contributed by atoms with van der Waals surface area (Å²) in [6.45, 7) is 3.18. The normalized spacial score (nSPS) is 19.6. The SMILES string of the molecule is Cc1ccc(S(=O)(=O)N2CCCC[C@H]2C(=O)Nc2ccc3c(c2)OCCO3)cc1. The first kappa shape index (κ1) is 19.7. The Balaban J connectivity index is 1.55. The summed E-state index contributed by atoms with van der Waals surface area (Å²) >= 11 is 0. The maximum Gasteiger partial charge on any atom is 0.243 e. The van der Waals surface area contributed by atoms with Gasteiger partial charge in [-0.15, -0.1) is 0 Å². The van der Waals surface area contributed by atoms with Crippen LogP contribution in [0.3, 0.4) is 0 Å². The van der Waals surface area contributed by atoms with Crippen LogP contribution in [0, 0.1) is 6.92 Å². The van der Waals surface area contributed by atoms with Gasteiger partial charge in [0.1, 0.15) is 19.3 Å². The molecule has 0 bridgehead atoms. The highest BCUT2D eigenvalue weighted by molar-refractivity contribution is 7.89. The molecule has 4 rings (SSSR count). The zero-order chi connectivity index (χ0) is 20.4. The number of hydrogen-bond donors (Lipinski definition) is 1. The molecule has 0 spiro atoms. The van der Waals surface area contributed by atoms with E-state index < -0.39 is 16.1 Å². The Morgan fingerprint density at radius 2 is 1.76 bits per heavy atom. The number of sulfonamides is 1. The fraction of sp³-hybridized carbons (Fsp3) is 0.381. The highest BCUT2D eigenvalue weighted by atomic mass is 32.2. The summed E-state index contributed by atoms with van der Waals surface area (Å²) in [5, 5.41) is 2.84. The minimum absolute atomic E-state index is 0.210. The van der Waals surface area contributed by atoms with Crippen LogP contribution in [0.1, 0.15) is 24.8 Å². The van der Waals surface area contributed by atoms with Crippen molar-refractivity contribution in [3.05, 3.63) is 48.0 Å². The van der Waals surface area contributed by atoms with Crippen LogP contribution in [0.2, 0.25) is 0 Å². The van der Waals surface area contributed by atoms with Crippen molar-refractivity contribution >= 4 is 21.6 Å². The number of carbonyl (C=O) groups excluding carboxylic acids is 1. The molecule has 29 heavy (non-hydrogen) atoms. The lowest BCUT2D eigenvalue weighted by Gasteiger charge is -2.33. The quantitative estimate of drug-likeness (QED) is 0.828. The van der Waals surface area contributed by atoms with Crippen molar-refractivity contribution in [1.29, 1.82) is 0 Å². The van der Waals surface area contributed by atoms with Crippen molar-refractivity contribution in [3.63, 3.8) is 0 Å². The Kier molecular flexibility index (Phi) is 5.47. The van der Waals surface area contributed by atoms with E-state index in [1.807, 2.05) is 6.92 Å². The molecule has 8 heteroatoms. The Labute approximate surface area is 170 Å². The van der Waals surface area contributed by atoms with Gasteiger partial charge in [0.25, 0.3) is 0 Å². The zero-order valence-electron chi connectivity index (χ0n) is 16.3. The second-order valence-electron chi connectivity index (χ2n) is 7.29. The topological polar surface area (TPSA) is 84.9 Å². The maximum absolute atomic E-state index is 13.2. The summed E-state index contributed by atoms with van der Waals surface area (Å²) < 4.78 is 38.7. The number of hydrogen-bond acceptors (Lipinski definition) is 5. The number of fused-ring (bicyclic) bond motifs is 1. The number of nitrogens with zero attached hydrogens (tertiary/aromatic N) is 1. The Morgan fingerprint density at radius 1 is 1.03 bits per heavy atom. The second-order valence-corrected chi connectivity index (χ2v) is 9.18. The molecular weight excluding hydrogens is 392 g/mol. The van der Waals surface area contributed by atoms with E-state index >= 15 is 0 Å². The largest absolute Gasteiger partial charge is 0.486 e. The molecular formula is C21H24N2O5S. The Hall–Kier alpha value is -2.58. The predicted molar refractivity (Wildman–Crippen MR) is 109 cm³/mol. The molecule has 0 saturated carbocycles. The van der Waals surface area contributed by atoms with E-state index in [2.05, 4.69) is 5.32 Å². The number of amides is 1. The van der Waals surface area contributed by atoms with Gasteiger partial charge in [-0.3, -0.25) is 4.79 Å². The van der Waals surface area contributed by atoms with Crippen LogP contribution in [-0.2, 0) is 14.8 Å². The second kappa shape index (κ2) is 8.04. The molecule has 1 N–H and O–H groups in total. The number of rotatable bonds is 4. The lowest BCUT2D eigenvalue weighted by atomic mass is 10.0. The standard InChI is InChI=1S/C21H24N2O5S/c1-15-5-8-17(9-6-15)29(25,26)23-11-3-2-4-18(23)21(24)22-16-7-10-19-20(14-16)28-13-12-27-19/h5-10,14,18H,2-4,11-13H2,1H3,(H,22,24)/t18-/m0/s1. The highest BCUT2D eigenvalue weighted by Crippen LogP contribution is 2.33. The van der Waals surface area contributed by atoms with Crippen LogP contribution in [0.4, 0.5) is 5.69 Å². The molecule has 2 aromatic rings. The Bertz CT molecular complexity index is 1000. The van der Waals surface area contributed by atoms with Gasteiger partial charge in [0.15, 0.2) is 11.5 Å². The van der Waals surface area contributed by atoms with E-state index in [9.17, 15) is 13.2 Å². The minimum atomic E-state index is -3.75. The third kappa shape index (κ3) is 4.09. The summed E-state index contributed by atoms with van der Waals surface area (Å²) in [5.74, 6) is 0.870. The molecule has 2 aromatic carbocycles. The van der Waals surface area contributed by atoms with Gasteiger partial charge in [-0.05, 0) is 44.0 Å². The van der Waals surface area contributed by atoms with Gasteiger partial charge in [-0.2, -0.15) is 4.31 Å². The average Bonchev–Trinajstić information content (AvgIpc) is 2.74. The predicted octanol–water partition coefficient (Wildman–Crippen LogP) is 2.95. The highest BCUT2D eigenvalue weighted by Gasteiger charge is 2.37. The van der Waals surface area contributed by atoms with Crippen LogP contribution >= 0.6 is 0 Å². The monoisotopic (exact) mass is 416 g/mol. The van der Waals surface area contributed by atoms with Crippen molar-refractivity contribution in [2.45, 2.75) is 37.1 Å². The summed E-state index contributed by atoms with van der Waals surface area (Å²) in [6.07, 6.45) is 2.03. The maximum atomic E-state index is 13.2. The first-order chi connectivity index (χ1) is 13.9. The zero-order valence-corrected chi connectivity index (χ0v) is 17.1. The van der Waals surface area contributed by atoms with E-state index in [-0.39, 0.29) is 10.8 Å². The number of benzene rings is 2. The van der Waals surface area contributed by atoms with Gasteiger partial charge < -0.3 is 14.8 Å². The van der Waals surface area contributed by atoms with Gasteiger partial charge in [-0.1, -0.05) is 24.1 Å². The molecule has 2 aliphatic heterocycles. The number of carbonyl (C=O) groups is 1. The lowest BCUT2D eigenvalue weighted by Crippen LogP contribution is -2.49. The van der Waals surface area contributed by atoms with Gasteiger partial charge >= 0.3 is 0 Å². The van der Waals surface area contributed by atoms with Crippen LogP contribution in [-0.4, -0.2) is 44.4 Å². The molecule has 1 atom stereocenters. The third-order valence-electron chi connectivity index (χ3n) is 5.19. The van der Waals surface area contributed by atoms with Crippen LogP contribution in [0.25, 0.3) is 0 Å². The van der Waals surface area contributed by atoms with E-state index in [1.165, 1.54) is 4.31 Å². The van der Waals surface area contributed by atoms with Crippen LogP contribution in [0.15, 0.2) is 47.4 Å². The first-order valence-corrected chi connectivity index (χ1v) is 11.2. The molecule has 0 aromatic heterocycles. The van der Waals surface area contributed by atoms with E-state index in [0.717, 1.165) is 18.4 Å². The number of nitrogens with one attached hydrogen (secondary N) is 1. The number of aryl methyl sites for hydroxylation is 1. The molecule has 2 aliphatic rings. The number of piperidine rings is 1. The molecule has 154 valence electrons. The smallest absolute Gasteiger partial charge is 0.243 e. The molecule has 0 unspecified atom stereocenters. The molecule has 0 aliphatic carbocycles. The van der Waals surface area contributed by atoms with Crippen LogP contribution < -0.4 is 14.8 Å². The minimum Gasteiger partial charge on any atom is -0.486 e. The van der Waals surface area contributed by atoms with Crippen LogP contribution in [0.5, 0.6) is 11.5 Å². The van der Waals surface area contributed by atoms with E-state index in [0.29, 0.717) is 43.4 Å². The van der Waals surface area contributed by atoms with Crippen molar-refractivity contribution < 1.29 is 22.7 Å². The summed E-state index contributed by atoms with van der Waals surface area (Å²) in [7, 11) is -3.75. The Morgan fingerprint density at radius 3 is 2.52 bits per heavy atom. The fourth-order valence-corrected chi connectivity index (χ4v) is 5.30. The molecule has 7 nitrogen and oxygen atoms in total. The van der Waals surface area contributed by atoms with Crippen molar-refractivity contribution in [3.8, 4) is 11.5 Å².